The molecule has 2 rings (SSSR count). The van der Waals surface area contributed by atoms with Crippen LogP contribution in [0.3, 0.4) is 0 Å². The van der Waals surface area contributed by atoms with Gasteiger partial charge < -0.3 is 0 Å². The molecule has 0 spiro atoms. The number of Topliss-reactive ketones (excluding diaryl/α,β-unsaturated/α-hetero) is 1. The van der Waals surface area contributed by atoms with E-state index in [0.29, 0.717) is 6.42 Å². The topological polar surface area (TPSA) is 42.9 Å². The summed E-state index contributed by atoms with van der Waals surface area (Å²) in [5.41, 5.74) is 1.85. The minimum absolute atomic E-state index is 0.265. The number of thioether (sulfide) groups is 1. The molecule has 16 heavy (non-hydrogen) atoms. The lowest BCUT2D eigenvalue weighted by atomic mass is 9.99. The normalized spacial score (nSPS) is 16.8. The van der Waals surface area contributed by atoms with E-state index in [1.807, 2.05) is 19.9 Å². The Hall–Kier alpha value is -1.16. The molecule has 3 nitrogen and oxygen atoms in total. The second-order valence-electron chi connectivity index (χ2n) is 3.91. The summed E-state index contributed by atoms with van der Waals surface area (Å²) in [5, 5.41) is 0.740. The summed E-state index contributed by atoms with van der Waals surface area (Å²) in [5.74, 6) is 0.265. The molecule has 0 fully saturated rings. The van der Waals surface area contributed by atoms with E-state index in [0.717, 1.165) is 34.2 Å². The van der Waals surface area contributed by atoms with Crippen molar-refractivity contribution < 1.29 is 4.79 Å². The third-order valence-corrected chi connectivity index (χ3v) is 3.77. The molecule has 0 unspecified atom stereocenters. The summed E-state index contributed by atoms with van der Waals surface area (Å²) in [6.07, 6.45) is 4.36. The van der Waals surface area contributed by atoms with Crippen LogP contribution >= 0.6 is 11.8 Å². The van der Waals surface area contributed by atoms with Crippen LogP contribution in [0.15, 0.2) is 27.9 Å². The van der Waals surface area contributed by atoms with Gasteiger partial charge in [0.15, 0.2) is 10.9 Å². The Labute approximate surface area is 99.4 Å². The lowest BCUT2D eigenvalue weighted by Crippen LogP contribution is -2.07. The van der Waals surface area contributed by atoms with Crippen molar-refractivity contribution in [1.29, 1.82) is 0 Å². The van der Waals surface area contributed by atoms with Gasteiger partial charge in [0.1, 0.15) is 0 Å². The number of allylic oxidation sites excluding steroid dienone is 2. The van der Waals surface area contributed by atoms with Crippen molar-refractivity contribution in [3.8, 4) is 0 Å². The number of hydrogen-bond donors (Lipinski definition) is 0. The molecule has 84 valence electrons. The predicted molar refractivity (Wildman–Crippen MR) is 64.2 cm³/mol. The van der Waals surface area contributed by atoms with Crippen LogP contribution in [-0.2, 0) is 4.79 Å². The fraction of sp³-hybridized carbons (Fsp3) is 0.417. The summed E-state index contributed by atoms with van der Waals surface area (Å²) in [6.45, 7) is 3.85. The zero-order valence-corrected chi connectivity index (χ0v) is 10.3. The van der Waals surface area contributed by atoms with Gasteiger partial charge in [0.05, 0.1) is 0 Å². The Morgan fingerprint density at radius 3 is 2.88 bits per heavy atom. The fourth-order valence-corrected chi connectivity index (χ4v) is 2.69. The molecule has 0 atom stereocenters. The van der Waals surface area contributed by atoms with Crippen molar-refractivity contribution in [3.63, 3.8) is 0 Å². The van der Waals surface area contributed by atoms with Crippen LogP contribution in [0.1, 0.15) is 31.9 Å². The third kappa shape index (κ3) is 2.50. The first kappa shape index (κ1) is 11.3. The largest absolute Gasteiger partial charge is 0.295 e. The van der Waals surface area contributed by atoms with Gasteiger partial charge in [-0.05, 0) is 37.7 Å². The first-order chi connectivity index (χ1) is 7.66. The number of rotatable bonds is 2. The lowest BCUT2D eigenvalue weighted by Gasteiger charge is -2.15. The van der Waals surface area contributed by atoms with Crippen LogP contribution in [0.4, 0.5) is 0 Å². The average Bonchev–Trinajstić information content (AvgIpc) is 2.25. The Kier molecular flexibility index (Phi) is 3.39. The highest BCUT2D eigenvalue weighted by Crippen LogP contribution is 2.34. The molecule has 0 saturated carbocycles. The summed E-state index contributed by atoms with van der Waals surface area (Å²) >= 11 is 1.53. The molecular weight excluding hydrogens is 220 g/mol. The summed E-state index contributed by atoms with van der Waals surface area (Å²) in [4.78, 5) is 21.2. The molecule has 0 amide bonds. The predicted octanol–water partition coefficient (Wildman–Crippen LogP) is 2.90. The molecule has 1 aromatic heterocycles. The van der Waals surface area contributed by atoms with E-state index in [4.69, 9.17) is 0 Å². The zero-order valence-electron chi connectivity index (χ0n) is 9.49. The van der Waals surface area contributed by atoms with E-state index in [1.165, 1.54) is 11.8 Å². The van der Waals surface area contributed by atoms with Gasteiger partial charge in [0.2, 0.25) is 0 Å². The van der Waals surface area contributed by atoms with Crippen molar-refractivity contribution in [2.75, 3.05) is 0 Å². The van der Waals surface area contributed by atoms with Crippen molar-refractivity contribution in [2.24, 2.45) is 0 Å². The number of aryl methyl sites for hydroxylation is 1. The van der Waals surface area contributed by atoms with Gasteiger partial charge in [-0.2, -0.15) is 0 Å². The van der Waals surface area contributed by atoms with Gasteiger partial charge in [0.25, 0.3) is 0 Å². The smallest absolute Gasteiger partial charge is 0.192 e. The molecule has 1 aliphatic carbocycles. The highest BCUT2D eigenvalue weighted by atomic mass is 32.2. The number of aromatic nitrogens is 2. The second kappa shape index (κ2) is 4.78. The first-order valence-corrected chi connectivity index (χ1v) is 6.19. The van der Waals surface area contributed by atoms with Gasteiger partial charge in [0, 0.05) is 23.9 Å². The third-order valence-electron chi connectivity index (χ3n) is 2.63. The Balaban J connectivity index is 2.21. The summed E-state index contributed by atoms with van der Waals surface area (Å²) in [7, 11) is 0. The van der Waals surface area contributed by atoms with E-state index in [-0.39, 0.29) is 5.78 Å². The van der Waals surface area contributed by atoms with Gasteiger partial charge in [-0.25, -0.2) is 9.97 Å². The van der Waals surface area contributed by atoms with Gasteiger partial charge >= 0.3 is 0 Å². The SMILES string of the molecule is CC1=C(Sc2nccc(C)n2)CCCC1=O. The monoisotopic (exact) mass is 234 g/mol. The minimum Gasteiger partial charge on any atom is -0.295 e. The molecule has 0 N–H and O–H groups in total. The molecule has 0 saturated heterocycles. The second-order valence-corrected chi connectivity index (χ2v) is 4.97. The van der Waals surface area contributed by atoms with E-state index in [2.05, 4.69) is 9.97 Å². The molecule has 0 aromatic carbocycles. The van der Waals surface area contributed by atoms with Crippen molar-refractivity contribution in [3.05, 3.63) is 28.4 Å². The van der Waals surface area contributed by atoms with Gasteiger partial charge in [-0.3, -0.25) is 4.79 Å². The highest BCUT2D eigenvalue weighted by molar-refractivity contribution is 8.03. The van der Waals surface area contributed by atoms with Crippen molar-refractivity contribution in [1.82, 2.24) is 9.97 Å². The number of carbonyl (C=O) groups excluding carboxylic acids is 1. The van der Waals surface area contributed by atoms with E-state index >= 15 is 0 Å². The molecule has 0 bridgehead atoms. The van der Waals surface area contributed by atoms with E-state index < -0.39 is 0 Å². The molecule has 1 aromatic rings. The van der Waals surface area contributed by atoms with E-state index in [9.17, 15) is 4.79 Å². The van der Waals surface area contributed by atoms with E-state index in [1.54, 1.807) is 6.20 Å². The molecule has 1 aliphatic rings. The summed E-state index contributed by atoms with van der Waals surface area (Å²) < 4.78 is 0. The maximum absolute atomic E-state index is 11.5. The molecular formula is C12H14N2OS. The first-order valence-electron chi connectivity index (χ1n) is 5.37. The number of carbonyl (C=O) groups is 1. The lowest BCUT2D eigenvalue weighted by molar-refractivity contribution is -0.115. The van der Waals surface area contributed by atoms with Gasteiger partial charge in [-0.15, -0.1) is 0 Å². The van der Waals surface area contributed by atoms with Crippen LogP contribution in [0.2, 0.25) is 0 Å². The molecule has 0 radical (unpaired) electrons. The molecule has 0 aliphatic heterocycles. The van der Waals surface area contributed by atoms with Crippen LogP contribution in [0.5, 0.6) is 0 Å². The van der Waals surface area contributed by atoms with Crippen LogP contribution in [0, 0.1) is 6.92 Å². The van der Waals surface area contributed by atoms with Crippen LogP contribution in [0.25, 0.3) is 0 Å². The number of hydrogen-bond acceptors (Lipinski definition) is 4. The summed E-state index contributed by atoms with van der Waals surface area (Å²) in [6, 6.07) is 1.87. The van der Waals surface area contributed by atoms with Crippen molar-refractivity contribution in [2.45, 2.75) is 38.3 Å². The van der Waals surface area contributed by atoms with Crippen molar-refractivity contribution >= 4 is 17.5 Å². The van der Waals surface area contributed by atoms with Crippen LogP contribution < -0.4 is 0 Å². The fourth-order valence-electron chi connectivity index (χ4n) is 1.65. The Bertz CT molecular complexity index is 454. The van der Waals surface area contributed by atoms with Gasteiger partial charge in [-0.1, -0.05) is 11.8 Å². The number of ketones is 1. The minimum atomic E-state index is 0.265. The Morgan fingerprint density at radius 2 is 2.12 bits per heavy atom. The molecule has 1 heterocycles. The quantitative estimate of drug-likeness (QED) is 0.738. The maximum atomic E-state index is 11.5. The maximum Gasteiger partial charge on any atom is 0.192 e. The Morgan fingerprint density at radius 1 is 1.31 bits per heavy atom. The van der Waals surface area contributed by atoms with Crippen LogP contribution in [-0.4, -0.2) is 15.8 Å². The average molecular weight is 234 g/mol. The molecule has 4 heteroatoms. The number of nitrogens with zero attached hydrogens (tertiary/aromatic N) is 2. The standard InChI is InChI=1S/C12H14N2OS/c1-8-6-7-13-12(14-8)16-11-5-3-4-10(15)9(11)2/h6-7H,3-5H2,1-2H3. The zero-order chi connectivity index (χ0) is 11.5. The highest BCUT2D eigenvalue weighted by Gasteiger charge is 2.18.